The van der Waals surface area contributed by atoms with Gasteiger partial charge in [-0.25, -0.2) is 0 Å². The summed E-state index contributed by atoms with van der Waals surface area (Å²) in [6.07, 6.45) is 5.32. The molecule has 0 heterocycles. The van der Waals surface area contributed by atoms with E-state index in [2.05, 4.69) is 48.6 Å². The second-order valence-electron chi connectivity index (χ2n) is 8.69. The minimum Gasteiger partial charge on any atom is -0.427 e. The number of nitrogens with two attached hydrogens (primary N) is 1. The Morgan fingerprint density at radius 2 is 1.83 bits per heavy atom. The van der Waals surface area contributed by atoms with Crippen LogP contribution in [0, 0.1) is 5.92 Å². The predicted octanol–water partition coefficient (Wildman–Crippen LogP) is 4.24. The fourth-order valence-corrected chi connectivity index (χ4v) is 4.25. The van der Waals surface area contributed by atoms with Gasteiger partial charge >= 0.3 is 7.12 Å². The molecule has 1 fully saturated rings. The average Bonchev–Trinajstić information content (AvgIpc) is 2.64. The van der Waals surface area contributed by atoms with Gasteiger partial charge in [0.25, 0.3) is 0 Å². The molecule has 0 spiro atoms. The van der Waals surface area contributed by atoms with E-state index < -0.39 is 7.12 Å². The number of unbranched alkanes of at least 4 members (excludes halogenated alkanes) is 1. The van der Waals surface area contributed by atoms with Gasteiger partial charge in [-0.05, 0) is 73.3 Å². The third kappa shape index (κ3) is 6.56. The Morgan fingerprint density at radius 3 is 2.52 bits per heavy atom. The Kier molecular flexibility index (Phi) is 7.77. The molecule has 0 saturated heterocycles. The number of rotatable bonds is 10. The zero-order chi connectivity index (χ0) is 20.9. The molecule has 0 amide bonds. The summed E-state index contributed by atoms with van der Waals surface area (Å²) >= 11 is 5.99. The lowest BCUT2D eigenvalue weighted by molar-refractivity contribution is 0.123. The first kappa shape index (κ1) is 22.3. The van der Waals surface area contributed by atoms with Gasteiger partial charge in [0.1, 0.15) is 0 Å². The van der Waals surface area contributed by atoms with Gasteiger partial charge in [-0.1, -0.05) is 54.8 Å². The summed E-state index contributed by atoms with van der Waals surface area (Å²) in [7, 11) is -1.20. The molecule has 6 heteroatoms. The fourth-order valence-electron chi connectivity index (χ4n) is 4.13. The van der Waals surface area contributed by atoms with Crippen LogP contribution in [0.2, 0.25) is 11.3 Å². The summed E-state index contributed by atoms with van der Waals surface area (Å²) in [4.78, 5) is 0. The van der Waals surface area contributed by atoms with E-state index >= 15 is 0 Å². The molecule has 1 aliphatic rings. The van der Waals surface area contributed by atoms with Crippen molar-refractivity contribution in [2.75, 3.05) is 0 Å². The van der Waals surface area contributed by atoms with Crippen LogP contribution in [-0.2, 0) is 6.54 Å². The Labute approximate surface area is 179 Å². The largest absolute Gasteiger partial charge is 0.451 e. The minimum atomic E-state index is -1.20. The van der Waals surface area contributed by atoms with Gasteiger partial charge in [-0.15, -0.1) is 0 Å². The summed E-state index contributed by atoms with van der Waals surface area (Å²) < 4.78 is 0. The zero-order valence-corrected chi connectivity index (χ0v) is 17.9. The van der Waals surface area contributed by atoms with Gasteiger partial charge in [0.05, 0.1) is 0 Å². The Hall–Kier alpha value is -1.37. The molecule has 0 radical (unpaired) electrons. The highest BCUT2D eigenvalue weighted by atomic mass is 35.5. The maximum Gasteiger partial charge on any atom is 0.451 e. The number of hydrogen-bond acceptors (Lipinski definition) is 4. The van der Waals surface area contributed by atoms with Crippen LogP contribution >= 0.6 is 11.6 Å². The van der Waals surface area contributed by atoms with Gasteiger partial charge in [-0.2, -0.15) is 0 Å². The maximum absolute atomic E-state index is 8.94. The standard InChI is InChI=1S/C23H32BClN2O2/c1-23(26,11-2-3-12-24(28)29)20-14-22(15-20)27-16-17-5-4-6-19(13-17)18-7-9-21(25)10-8-18/h4-10,13,20,22,27-29H,2-3,11-12,14-16,26H2,1H3. The molecule has 2 aromatic rings. The topological polar surface area (TPSA) is 78.5 Å². The van der Waals surface area contributed by atoms with Gasteiger partial charge in [-0.3, -0.25) is 0 Å². The molecule has 156 valence electrons. The first-order valence-corrected chi connectivity index (χ1v) is 10.9. The van der Waals surface area contributed by atoms with Crippen LogP contribution in [0.1, 0.15) is 44.6 Å². The SMILES string of the molecule is CC(N)(CCCCB(O)O)C1CC(NCc2cccc(-c3ccc(Cl)cc3)c2)C1. The van der Waals surface area contributed by atoms with Crippen molar-refractivity contribution in [2.45, 2.75) is 63.5 Å². The molecule has 4 nitrogen and oxygen atoms in total. The number of benzene rings is 2. The van der Waals surface area contributed by atoms with Crippen molar-refractivity contribution < 1.29 is 10.0 Å². The first-order valence-electron chi connectivity index (χ1n) is 10.6. The summed E-state index contributed by atoms with van der Waals surface area (Å²) in [5, 5.41) is 22.3. The summed E-state index contributed by atoms with van der Waals surface area (Å²) in [6, 6.07) is 17.1. The van der Waals surface area contributed by atoms with Crippen molar-refractivity contribution in [3.63, 3.8) is 0 Å². The van der Waals surface area contributed by atoms with Crippen molar-refractivity contribution in [1.29, 1.82) is 0 Å². The van der Waals surface area contributed by atoms with E-state index in [4.69, 9.17) is 27.4 Å². The molecule has 0 aromatic heterocycles. The smallest absolute Gasteiger partial charge is 0.427 e. The van der Waals surface area contributed by atoms with E-state index in [9.17, 15) is 0 Å². The maximum atomic E-state index is 8.94. The van der Waals surface area contributed by atoms with Crippen molar-refractivity contribution in [3.8, 4) is 11.1 Å². The summed E-state index contributed by atoms with van der Waals surface area (Å²) in [5.41, 5.74) is 10.0. The molecule has 0 bridgehead atoms. The lowest BCUT2D eigenvalue weighted by Gasteiger charge is -2.46. The van der Waals surface area contributed by atoms with Crippen LogP contribution in [0.5, 0.6) is 0 Å². The van der Waals surface area contributed by atoms with E-state index in [1.807, 2.05) is 12.1 Å². The van der Waals surface area contributed by atoms with Gasteiger partial charge in [0.15, 0.2) is 0 Å². The highest BCUT2D eigenvalue weighted by molar-refractivity contribution is 6.40. The molecular formula is C23H32BClN2O2. The monoisotopic (exact) mass is 414 g/mol. The van der Waals surface area contributed by atoms with Gasteiger partial charge in [0.2, 0.25) is 0 Å². The Bertz CT molecular complexity index is 777. The van der Waals surface area contributed by atoms with Gasteiger partial charge in [0, 0.05) is 23.1 Å². The van der Waals surface area contributed by atoms with Crippen molar-refractivity contribution >= 4 is 18.7 Å². The predicted molar refractivity (Wildman–Crippen MR) is 122 cm³/mol. The molecule has 1 atom stereocenters. The van der Waals surface area contributed by atoms with Gasteiger partial charge < -0.3 is 21.1 Å². The molecule has 0 aliphatic heterocycles. The van der Waals surface area contributed by atoms with E-state index in [1.165, 1.54) is 16.7 Å². The first-order chi connectivity index (χ1) is 13.8. The van der Waals surface area contributed by atoms with Crippen molar-refractivity contribution in [1.82, 2.24) is 5.32 Å². The van der Waals surface area contributed by atoms with E-state index in [0.717, 1.165) is 43.7 Å². The van der Waals surface area contributed by atoms with Crippen LogP contribution in [0.4, 0.5) is 0 Å². The second-order valence-corrected chi connectivity index (χ2v) is 9.12. The van der Waals surface area contributed by atoms with Crippen LogP contribution in [0.25, 0.3) is 11.1 Å². The minimum absolute atomic E-state index is 0.174. The van der Waals surface area contributed by atoms with Crippen LogP contribution in [0.3, 0.4) is 0 Å². The third-order valence-electron chi connectivity index (χ3n) is 6.20. The Balaban J connectivity index is 1.43. The highest BCUT2D eigenvalue weighted by Gasteiger charge is 2.39. The second kappa shape index (κ2) is 10.1. The molecular weight excluding hydrogens is 383 g/mol. The number of halogens is 1. The molecule has 2 aromatic carbocycles. The molecule has 1 unspecified atom stereocenters. The van der Waals surface area contributed by atoms with Crippen molar-refractivity contribution in [3.05, 3.63) is 59.1 Å². The number of hydrogen-bond donors (Lipinski definition) is 4. The van der Waals surface area contributed by atoms with Crippen LogP contribution < -0.4 is 11.1 Å². The number of nitrogens with one attached hydrogen (secondary N) is 1. The van der Waals surface area contributed by atoms with Crippen LogP contribution in [-0.4, -0.2) is 28.7 Å². The lowest BCUT2D eigenvalue weighted by atomic mass is 9.67. The van der Waals surface area contributed by atoms with E-state index in [1.54, 1.807) is 0 Å². The molecule has 29 heavy (non-hydrogen) atoms. The lowest BCUT2D eigenvalue weighted by Crippen LogP contribution is -2.54. The van der Waals surface area contributed by atoms with E-state index in [0.29, 0.717) is 18.3 Å². The van der Waals surface area contributed by atoms with Crippen LogP contribution in [0.15, 0.2) is 48.5 Å². The highest BCUT2D eigenvalue weighted by Crippen LogP contribution is 2.38. The molecule has 5 N–H and O–H groups in total. The molecule has 3 rings (SSSR count). The fraction of sp³-hybridized carbons (Fsp3) is 0.478. The average molecular weight is 415 g/mol. The Morgan fingerprint density at radius 1 is 1.10 bits per heavy atom. The normalized spacial score (nSPS) is 20.7. The third-order valence-corrected chi connectivity index (χ3v) is 6.45. The zero-order valence-electron chi connectivity index (χ0n) is 17.2. The summed E-state index contributed by atoms with van der Waals surface area (Å²) in [6.45, 7) is 2.99. The quantitative estimate of drug-likeness (QED) is 0.346. The van der Waals surface area contributed by atoms with E-state index in [-0.39, 0.29) is 5.54 Å². The molecule has 1 aliphatic carbocycles. The summed E-state index contributed by atoms with van der Waals surface area (Å²) in [5.74, 6) is 0.527. The molecule has 1 saturated carbocycles. The van der Waals surface area contributed by atoms with Crippen molar-refractivity contribution in [2.24, 2.45) is 11.7 Å².